The predicted octanol–water partition coefficient (Wildman–Crippen LogP) is 5.39. The number of allylic oxidation sites excluding steroid dienone is 4. The van der Waals surface area contributed by atoms with E-state index >= 15 is 0 Å². The standard InChI is InChI=1S/C17H24/c1-6-10-16(13(3)4)15(7-2)17-12-9-8-11-14(17)5/h7-13H,6H2,1-5H3/b15-7+,16-10-. The number of benzene rings is 1. The molecule has 0 saturated carbocycles. The fourth-order valence-electron chi connectivity index (χ4n) is 2.23. The summed E-state index contributed by atoms with van der Waals surface area (Å²) in [6.07, 6.45) is 5.69. The third kappa shape index (κ3) is 3.33. The number of rotatable bonds is 4. The van der Waals surface area contributed by atoms with Crippen LogP contribution in [0.15, 0.2) is 42.0 Å². The van der Waals surface area contributed by atoms with Gasteiger partial charge in [-0.1, -0.05) is 57.2 Å². The molecule has 0 spiro atoms. The number of hydrogen-bond donors (Lipinski definition) is 0. The predicted molar refractivity (Wildman–Crippen MR) is 78.0 cm³/mol. The van der Waals surface area contributed by atoms with Crippen LogP contribution >= 0.6 is 0 Å². The van der Waals surface area contributed by atoms with Crippen molar-refractivity contribution < 1.29 is 0 Å². The molecule has 17 heavy (non-hydrogen) atoms. The van der Waals surface area contributed by atoms with Gasteiger partial charge in [0.25, 0.3) is 0 Å². The molecular weight excluding hydrogens is 204 g/mol. The zero-order valence-corrected chi connectivity index (χ0v) is 11.7. The van der Waals surface area contributed by atoms with Gasteiger partial charge < -0.3 is 0 Å². The highest BCUT2D eigenvalue weighted by Gasteiger charge is 2.11. The van der Waals surface area contributed by atoms with Crippen LogP contribution in [0.1, 0.15) is 45.2 Å². The molecule has 1 rings (SSSR count). The van der Waals surface area contributed by atoms with Gasteiger partial charge >= 0.3 is 0 Å². The smallest absolute Gasteiger partial charge is 0.0155 e. The van der Waals surface area contributed by atoms with Gasteiger partial charge in [0, 0.05) is 0 Å². The van der Waals surface area contributed by atoms with E-state index in [0.717, 1.165) is 6.42 Å². The molecule has 0 heteroatoms. The van der Waals surface area contributed by atoms with E-state index in [-0.39, 0.29) is 0 Å². The largest absolute Gasteiger partial charge is 0.0807 e. The fourth-order valence-corrected chi connectivity index (χ4v) is 2.23. The van der Waals surface area contributed by atoms with Crippen LogP contribution in [0.25, 0.3) is 5.57 Å². The molecule has 92 valence electrons. The highest BCUT2D eigenvalue weighted by Crippen LogP contribution is 2.30. The van der Waals surface area contributed by atoms with Crippen molar-refractivity contribution in [1.82, 2.24) is 0 Å². The van der Waals surface area contributed by atoms with Crippen molar-refractivity contribution in [2.45, 2.75) is 41.0 Å². The second-order valence-electron chi connectivity index (χ2n) is 4.74. The van der Waals surface area contributed by atoms with E-state index in [1.165, 1.54) is 22.3 Å². The zero-order chi connectivity index (χ0) is 12.8. The summed E-state index contributed by atoms with van der Waals surface area (Å²) in [5.74, 6) is 0.570. The van der Waals surface area contributed by atoms with Crippen molar-refractivity contribution in [2.24, 2.45) is 5.92 Å². The third-order valence-corrected chi connectivity index (χ3v) is 3.08. The number of hydrogen-bond acceptors (Lipinski definition) is 0. The van der Waals surface area contributed by atoms with Crippen LogP contribution in [0, 0.1) is 12.8 Å². The van der Waals surface area contributed by atoms with Crippen LogP contribution in [-0.2, 0) is 0 Å². The second kappa shape index (κ2) is 6.44. The molecule has 1 aromatic rings. The van der Waals surface area contributed by atoms with E-state index in [1.54, 1.807) is 0 Å². The lowest BCUT2D eigenvalue weighted by Crippen LogP contribution is -1.99. The van der Waals surface area contributed by atoms with Crippen LogP contribution in [0.2, 0.25) is 0 Å². The van der Waals surface area contributed by atoms with Crippen molar-refractivity contribution in [3.63, 3.8) is 0 Å². The van der Waals surface area contributed by atoms with Gasteiger partial charge in [-0.3, -0.25) is 0 Å². The van der Waals surface area contributed by atoms with Gasteiger partial charge in [0.05, 0.1) is 0 Å². The van der Waals surface area contributed by atoms with Gasteiger partial charge in [-0.25, -0.2) is 0 Å². The normalized spacial score (nSPS) is 13.3. The SMILES string of the molecule is C/C=C(\C(=C/CC)C(C)C)c1ccccc1C. The molecule has 0 saturated heterocycles. The monoisotopic (exact) mass is 228 g/mol. The molecule has 0 fully saturated rings. The Morgan fingerprint density at radius 3 is 2.35 bits per heavy atom. The molecule has 0 aliphatic rings. The summed E-state index contributed by atoms with van der Waals surface area (Å²) < 4.78 is 0. The molecule has 0 amide bonds. The molecule has 0 atom stereocenters. The lowest BCUT2D eigenvalue weighted by atomic mass is 9.87. The molecule has 0 aliphatic heterocycles. The first-order valence-corrected chi connectivity index (χ1v) is 6.54. The van der Waals surface area contributed by atoms with E-state index in [1.807, 2.05) is 0 Å². The van der Waals surface area contributed by atoms with Gasteiger partial charge in [0.2, 0.25) is 0 Å². The van der Waals surface area contributed by atoms with E-state index in [2.05, 4.69) is 71.0 Å². The molecule has 0 bridgehead atoms. The Morgan fingerprint density at radius 1 is 1.24 bits per heavy atom. The van der Waals surface area contributed by atoms with Crippen LogP contribution in [0.5, 0.6) is 0 Å². The second-order valence-corrected chi connectivity index (χ2v) is 4.74. The lowest BCUT2D eigenvalue weighted by molar-refractivity contribution is 0.790. The van der Waals surface area contributed by atoms with Crippen LogP contribution in [-0.4, -0.2) is 0 Å². The Hall–Kier alpha value is -1.30. The minimum Gasteiger partial charge on any atom is -0.0807 e. The van der Waals surface area contributed by atoms with Crippen molar-refractivity contribution in [3.05, 3.63) is 53.1 Å². The average Bonchev–Trinajstić information content (AvgIpc) is 2.31. The Kier molecular flexibility index (Phi) is 5.21. The van der Waals surface area contributed by atoms with Crippen molar-refractivity contribution in [2.75, 3.05) is 0 Å². The molecule has 0 radical (unpaired) electrons. The van der Waals surface area contributed by atoms with Crippen LogP contribution < -0.4 is 0 Å². The first kappa shape index (κ1) is 13.8. The first-order chi connectivity index (χ1) is 8.11. The molecule has 0 aliphatic carbocycles. The quantitative estimate of drug-likeness (QED) is 0.606. The van der Waals surface area contributed by atoms with Gasteiger partial charge in [-0.15, -0.1) is 0 Å². The van der Waals surface area contributed by atoms with E-state index in [9.17, 15) is 0 Å². The Balaban J connectivity index is 3.25. The van der Waals surface area contributed by atoms with Crippen LogP contribution in [0.3, 0.4) is 0 Å². The lowest BCUT2D eigenvalue weighted by Gasteiger charge is -2.17. The van der Waals surface area contributed by atoms with Gasteiger partial charge in [0.15, 0.2) is 0 Å². The maximum atomic E-state index is 2.35. The van der Waals surface area contributed by atoms with Crippen molar-refractivity contribution >= 4 is 5.57 Å². The molecule has 0 nitrogen and oxygen atoms in total. The molecule has 0 unspecified atom stereocenters. The third-order valence-electron chi connectivity index (χ3n) is 3.08. The van der Waals surface area contributed by atoms with Crippen molar-refractivity contribution in [1.29, 1.82) is 0 Å². The molecule has 0 aromatic heterocycles. The Morgan fingerprint density at radius 2 is 1.88 bits per heavy atom. The van der Waals surface area contributed by atoms with Gasteiger partial charge in [-0.2, -0.15) is 0 Å². The molecular formula is C17H24. The van der Waals surface area contributed by atoms with E-state index in [0.29, 0.717) is 5.92 Å². The maximum absolute atomic E-state index is 2.35. The zero-order valence-electron chi connectivity index (χ0n) is 11.7. The topological polar surface area (TPSA) is 0 Å². The summed E-state index contributed by atoms with van der Waals surface area (Å²) in [5.41, 5.74) is 5.57. The molecule has 0 N–H and O–H groups in total. The van der Waals surface area contributed by atoms with E-state index < -0.39 is 0 Å². The highest BCUT2D eigenvalue weighted by atomic mass is 14.2. The summed E-state index contributed by atoms with van der Waals surface area (Å²) in [7, 11) is 0. The summed E-state index contributed by atoms with van der Waals surface area (Å²) >= 11 is 0. The minimum atomic E-state index is 0.570. The van der Waals surface area contributed by atoms with Crippen molar-refractivity contribution in [3.8, 4) is 0 Å². The summed E-state index contributed by atoms with van der Waals surface area (Å²) in [4.78, 5) is 0. The van der Waals surface area contributed by atoms with Gasteiger partial charge in [0.1, 0.15) is 0 Å². The highest BCUT2D eigenvalue weighted by molar-refractivity contribution is 5.80. The fraction of sp³-hybridized carbons (Fsp3) is 0.412. The molecule has 0 heterocycles. The Labute approximate surface area is 106 Å². The van der Waals surface area contributed by atoms with Gasteiger partial charge in [-0.05, 0) is 48.5 Å². The summed E-state index contributed by atoms with van der Waals surface area (Å²) in [6, 6.07) is 8.62. The molecule has 1 aromatic carbocycles. The average molecular weight is 228 g/mol. The Bertz CT molecular complexity index is 419. The van der Waals surface area contributed by atoms with Crippen LogP contribution in [0.4, 0.5) is 0 Å². The summed E-state index contributed by atoms with van der Waals surface area (Å²) in [6.45, 7) is 11.1. The first-order valence-electron chi connectivity index (χ1n) is 6.54. The number of aryl methyl sites for hydroxylation is 1. The maximum Gasteiger partial charge on any atom is -0.0155 e. The summed E-state index contributed by atoms with van der Waals surface area (Å²) in [5, 5.41) is 0. The van der Waals surface area contributed by atoms with E-state index in [4.69, 9.17) is 0 Å². The minimum absolute atomic E-state index is 0.570.